The molecule has 2 aromatic rings. The smallest absolute Gasteiger partial charge is 0.238 e. The van der Waals surface area contributed by atoms with Crippen LogP contribution >= 0.6 is 0 Å². The van der Waals surface area contributed by atoms with Gasteiger partial charge in [-0.3, -0.25) is 4.79 Å². The van der Waals surface area contributed by atoms with E-state index in [0.29, 0.717) is 5.76 Å². The van der Waals surface area contributed by atoms with Crippen molar-refractivity contribution in [3.8, 4) is 11.3 Å². The van der Waals surface area contributed by atoms with Gasteiger partial charge in [0.15, 0.2) is 12.2 Å². The van der Waals surface area contributed by atoms with Crippen LogP contribution in [0.25, 0.3) is 11.3 Å². The van der Waals surface area contributed by atoms with E-state index in [1.807, 2.05) is 45.0 Å². The predicted molar refractivity (Wildman–Crippen MR) is 78.3 cm³/mol. The summed E-state index contributed by atoms with van der Waals surface area (Å²) in [4.78, 5) is 15.7. The van der Waals surface area contributed by atoms with Crippen molar-refractivity contribution in [2.75, 3.05) is 11.9 Å². The first kappa shape index (κ1) is 14.3. The zero-order valence-corrected chi connectivity index (χ0v) is 11.9. The Kier molecular flexibility index (Phi) is 4.20. The molecule has 0 aliphatic heterocycles. The Balaban J connectivity index is 2.00. The third kappa shape index (κ3) is 4.20. The summed E-state index contributed by atoms with van der Waals surface area (Å²) < 4.78 is 5.24. The number of benzene rings is 1. The zero-order chi connectivity index (χ0) is 14.6. The van der Waals surface area contributed by atoms with Gasteiger partial charge < -0.3 is 15.1 Å². The van der Waals surface area contributed by atoms with Crippen molar-refractivity contribution in [2.45, 2.75) is 26.3 Å². The van der Waals surface area contributed by atoms with Gasteiger partial charge in [-0.05, 0) is 32.9 Å². The summed E-state index contributed by atoms with van der Waals surface area (Å²) in [5, 5.41) is 6.00. The van der Waals surface area contributed by atoms with Crippen molar-refractivity contribution >= 4 is 11.6 Å². The Morgan fingerprint density at radius 2 is 2.15 bits per heavy atom. The van der Waals surface area contributed by atoms with Crippen LogP contribution < -0.4 is 10.6 Å². The third-order valence-electron chi connectivity index (χ3n) is 2.64. The van der Waals surface area contributed by atoms with Crippen molar-refractivity contribution in [1.82, 2.24) is 10.3 Å². The first-order valence-electron chi connectivity index (χ1n) is 6.48. The molecule has 0 radical (unpaired) electrons. The molecule has 2 rings (SSSR count). The van der Waals surface area contributed by atoms with Gasteiger partial charge in [0.05, 0.1) is 12.7 Å². The Bertz CT molecular complexity index is 571. The van der Waals surface area contributed by atoms with E-state index in [0.717, 1.165) is 11.3 Å². The van der Waals surface area contributed by atoms with Crippen LogP contribution in [0.5, 0.6) is 0 Å². The van der Waals surface area contributed by atoms with E-state index in [9.17, 15) is 4.79 Å². The van der Waals surface area contributed by atoms with Gasteiger partial charge in [0.2, 0.25) is 5.91 Å². The lowest BCUT2D eigenvalue weighted by Gasteiger charge is -2.20. The van der Waals surface area contributed by atoms with Crippen LogP contribution in [-0.2, 0) is 4.79 Å². The van der Waals surface area contributed by atoms with Gasteiger partial charge in [0.25, 0.3) is 0 Å². The fraction of sp³-hybridized carbons (Fsp3) is 0.333. The minimum atomic E-state index is -0.0843. The van der Waals surface area contributed by atoms with Crippen LogP contribution in [0.4, 0.5) is 5.69 Å². The fourth-order valence-corrected chi connectivity index (χ4v) is 1.66. The summed E-state index contributed by atoms with van der Waals surface area (Å²) in [7, 11) is 0. The van der Waals surface area contributed by atoms with Gasteiger partial charge in [0.1, 0.15) is 0 Å². The monoisotopic (exact) mass is 273 g/mol. The molecule has 106 valence electrons. The van der Waals surface area contributed by atoms with Crippen LogP contribution in [0, 0.1) is 0 Å². The van der Waals surface area contributed by atoms with Crippen LogP contribution in [0.15, 0.2) is 41.3 Å². The van der Waals surface area contributed by atoms with Gasteiger partial charge in [0, 0.05) is 16.8 Å². The number of hydrogen-bond acceptors (Lipinski definition) is 4. The maximum absolute atomic E-state index is 11.8. The first-order chi connectivity index (χ1) is 9.44. The van der Waals surface area contributed by atoms with Gasteiger partial charge in [-0.25, -0.2) is 4.98 Å². The highest BCUT2D eigenvalue weighted by Crippen LogP contribution is 2.21. The molecular weight excluding hydrogens is 254 g/mol. The van der Waals surface area contributed by atoms with Gasteiger partial charge >= 0.3 is 0 Å². The number of nitrogens with one attached hydrogen (secondary N) is 2. The van der Waals surface area contributed by atoms with Gasteiger partial charge in [-0.15, -0.1) is 0 Å². The maximum atomic E-state index is 11.8. The summed E-state index contributed by atoms with van der Waals surface area (Å²) in [6.45, 7) is 6.33. The molecule has 20 heavy (non-hydrogen) atoms. The van der Waals surface area contributed by atoms with Crippen molar-refractivity contribution in [3.63, 3.8) is 0 Å². The molecule has 1 amide bonds. The molecular formula is C15H19N3O2. The highest BCUT2D eigenvalue weighted by atomic mass is 16.3. The fourth-order valence-electron chi connectivity index (χ4n) is 1.66. The number of oxazole rings is 1. The molecule has 0 aliphatic carbocycles. The van der Waals surface area contributed by atoms with E-state index < -0.39 is 0 Å². The lowest BCUT2D eigenvalue weighted by molar-refractivity contribution is -0.115. The number of carbonyl (C=O) groups is 1. The van der Waals surface area contributed by atoms with Crippen molar-refractivity contribution in [2.24, 2.45) is 0 Å². The molecule has 1 aromatic heterocycles. The van der Waals surface area contributed by atoms with Crippen molar-refractivity contribution in [1.29, 1.82) is 0 Å². The average Bonchev–Trinajstić information content (AvgIpc) is 2.90. The number of anilines is 1. The lowest BCUT2D eigenvalue weighted by atomic mass is 10.1. The molecule has 0 saturated heterocycles. The van der Waals surface area contributed by atoms with Crippen LogP contribution in [0.1, 0.15) is 20.8 Å². The summed E-state index contributed by atoms with van der Waals surface area (Å²) in [6, 6.07) is 7.47. The first-order valence-corrected chi connectivity index (χ1v) is 6.48. The van der Waals surface area contributed by atoms with Gasteiger partial charge in [-0.1, -0.05) is 12.1 Å². The van der Waals surface area contributed by atoms with Crippen LogP contribution in [0.2, 0.25) is 0 Å². The summed E-state index contributed by atoms with van der Waals surface area (Å²) >= 11 is 0. The van der Waals surface area contributed by atoms with Gasteiger partial charge in [-0.2, -0.15) is 0 Å². The van der Waals surface area contributed by atoms with E-state index in [4.69, 9.17) is 4.42 Å². The second kappa shape index (κ2) is 5.88. The Morgan fingerprint density at radius 3 is 2.80 bits per heavy atom. The predicted octanol–water partition coefficient (Wildman–Crippen LogP) is 2.67. The van der Waals surface area contributed by atoms with E-state index in [2.05, 4.69) is 15.6 Å². The Hall–Kier alpha value is -2.14. The summed E-state index contributed by atoms with van der Waals surface area (Å²) in [6.07, 6.45) is 3.02. The number of aromatic nitrogens is 1. The molecule has 0 saturated carbocycles. The minimum Gasteiger partial charge on any atom is -0.444 e. The number of amides is 1. The molecule has 0 fully saturated rings. The number of nitrogens with zero attached hydrogens (tertiary/aromatic N) is 1. The highest BCUT2D eigenvalue weighted by Gasteiger charge is 2.11. The van der Waals surface area contributed by atoms with Crippen molar-refractivity contribution < 1.29 is 9.21 Å². The molecule has 0 aliphatic rings. The summed E-state index contributed by atoms with van der Waals surface area (Å²) in [5.74, 6) is 0.601. The number of rotatable bonds is 4. The molecule has 1 heterocycles. The van der Waals surface area contributed by atoms with E-state index in [1.165, 1.54) is 6.39 Å². The van der Waals surface area contributed by atoms with Crippen LogP contribution in [0.3, 0.4) is 0 Å². The quantitative estimate of drug-likeness (QED) is 0.898. The second-order valence-electron chi connectivity index (χ2n) is 5.60. The number of hydrogen-bond donors (Lipinski definition) is 2. The van der Waals surface area contributed by atoms with Crippen molar-refractivity contribution in [3.05, 3.63) is 36.9 Å². The normalized spacial score (nSPS) is 11.3. The zero-order valence-electron chi connectivity index (χ0n) is 11.9. The molecule has 0 atom stereocenters. The molecule has 5 heteroatoms. The molecule has 0 spiro atoms. The van der Waals surface area contributed by atoms with E-state index in [1.54, 1.807) is 6.20 Å². The Morgan fingerprint density at radius 1 is 1.35 bits per heavy atom. The topological polar surface area (TPSA) is 67.2 Å². The average molecular weight is 273 g/mol. The lowest BCUT2D eigenvalue weighted by Crippen LogP contribution is -2.41. The molecule has 5 nitrogen and oxygen atoms in total. The SMILES string of the molecule is CC(C)(C)NCC(=O)Nc1cccc(-c2cnco2)c1. The maximum Gasteiger partial charge on any atom is 0.238 e. The third-order valence-corrected chi connectivity index (χ3v) is 2.64. The molecule has 1 aromatic carbocycles. The minimum absolute atomic E-state index is 0.0744. The standard InChI is InChI=1S/C15H19N3O2/c1-15(2,3)17-9-14(19)18-12-6-4-5-11(7-12)13-8-16-10-20-13/h4-8,10,17H,9H2,1-3H3,(H,18,19). The largest absolute Gasteiger partial charge is 0.444 e. The molecule has 0 bridgehead atoms. The van der Waals surface area contributed by atoms with E-state index in [-0.39, 0.29) is 18.0 Å². The summed E-state index contributed by atoms with van der Waals surface area (Å²) in [5.41, 5.74) is 1.53. The van der Waals surface area contributed by atoms with Crippen LogP contribution in [-0.4, -0.2) is 23.0 Å². The molecule has 2 N–H and O–H groups in total. The second-order valence-corrected chi connectivity index (χ2v) is 5.60. The highest BCUT2D eigenvalue weighted by molar-refractivity contribution is 5.92. The van der Waals surface area contributed by atoms with E-state index >= 15 is 0 Å². The Labute approximate surface area is 118 Å². The number of carbonyl (C=O) groups excluding carboxylic acids is 1. The molecule has 0 unspecified atom stereocenters.